The number of aliphatic hydroxyl groups is 1. The maximum absolute atomic E-state index is 10.5. The standard InChI is InChI=1S/C38H53NO4/c1-25-18-33-34(39(22-25)14-15-41-16-17-42-23-26-6-4-3-5-7-26)32-21-37-24-36(37)20-31-29(30(36)11-13-38(32,37)43-33)9-8-27-19-28(40)10-12-35(27,31)2/h3-8,25,28-34,40H,9-24H2,1-2H3/t25-,28-,29-,30-,31-,32+,33+,34-,35-,36?,37?,38+/m0/s1. The van der Waals surface area contributed by atoms with Crippen LogP contribution in [-0.2, 0) is 20.8 Å². The molecule has 6 aliphatic carbocycles. The average molecular weight is 588 g/mol. The van der Waals surface area contributed by atoms with E-state index in [-0.39, 0.29) is 11.7 Å². The molecule has 7 fully saturated rings. The summed E-state index contributed by atoms with van der Waals surface area (Å²) in [7, 11) is 0. The monoisotopic (exact) mass is 587 g/mol. The fraction of sp³-hybridized carbons (Fsp3) is 0.789. The van der Waals surface area contributed by atoms with Gasteiger partial charge >= 0.3 is 0 Å². The molecule has 0 amide bonds. The van der Waals surface area contributed by atoms with Crippen LogP contribution in [0.3, 0.4) is 0 Å². The summed E-state index contributed by atoms with van der Waals surface area (Å²) < 4.78 is 19.4. The highest BCUT2D eigenvalue weighted by molar-refractivity contribution is 5.42. The number of benzene rings is 1. The highest BCUT2D eigenvalue weighted by atomic mass is 16.5. The van der Waals surface area contributed by atoms with E-state index in [2.05, 4.69) is 49.1 Å². The lowest BCUT2D eigenvalue weighted by Crippen LogP contribution is -2.64. The molecule has 8 aliphatic rings. The zero-order valence-corrected chi connectivity index (χ0v) is 26.5. The van der Waals surface area contributed by atoms with E-state index in [9.17, 15) is 5.11 Å². The Morgan fingerprint density at radius 3 is 2.74 bits per heavy atom. The summed E-state index contributed by atoms with van der Waals surface area (Å²) in [6.45, 7) is 9.98. The number of fused-ring (bicyclic) bond motifs is 6. The fourth-order valence-electron chi connectivity index (χ4n) is 13.3. The minimum atomic E-state index is -0.111. The van der Waals surface area contributed by atoms with E-state index in [1.165, 1.54) is 63.5 Å². The van der Waals surface area contributed by atoms with Crippen molar-refractivity contribution >= 4 is 0 Å². The first-order chi connectivity index (χ1) is 20.9. The summed E-state index contributed by atoms with van der Waals surface area (Å²) in [6.07, 6.45) is 15.5. The number of likely N-dealkylation sites (tertiary alicyclic amines) is 1. The smallest absolute Gasteiger partial charge is 0.0793 e. The Kier molecular flexibility index (Phi) is 6.44. The van der Waals surface area contributed by atoms with Gasteiger partial charge in [-0.3, -0.25) is 4.90 Å². The molecule has 1 N–H and O–H groups in total. The molecular formula is C38H53NO4. The number of hydrogen-bond donors (Lipinski definition) is 1. The van der Waals surface area contributed by atoms with Gasteiger partial charge in [-0.05, 0) is 104 Å². The van der Waals surface area contributed by atoms with Crippen molar-refractivity contribution in [1.29, 1.82) is 0 Å². The summed E-state index contributed by atoms with van der Waals surface area (Å²) in [5.74, 6) is 4.01. The molecule has 2 unspecified atom stereocenters. The van der Waals surface area contributed by atoms with E-state index in [0.29, 0.717) is 54.1 Å². The van der Waals surface area contributed by atoms with Gasteiger partial charge in [0.15, 0.2) is 0 Å². The number of allylic oxidation sites excluding steroid dienone is 1. The Hall–Kier alpha value is -1.24. The topological polar surface area (TPSA) is 51.2 Å². The zero-order valence-electron chi connectivity index (χ0n) is 26.5. The molecule has 2 heterocycles. The first-order valence-electron chi connectivity index (χ1n) is 17.9. The van der Waals surface area contributed by atoms with Gasteiger partial charge in [-0.1, -0.05) is 55.8 Å². The van der Waals surface area contributed by atoms with E-state index < -0.39 is 0 Å². The van der Waals surface area contributed by atoms with Crippen molar-refractivity contribution in [3.8, 4) is 0 Å². The largest absolute Gasteiger partial charge is 0.393 e. The Labute approximate surface area is 258 Å². The van der Waals surface area contributed by atoms with Crippen LogP contribution in [0.5, 0.6) is 0 Å². The van der Waals surface area contributed by atoms with Crippen molar-refractivity contribution in [3.63, 3.8) is 0 Å². The molecular weight excluding hydrogens is 534 g/mol. The molecule has 5 nitrogen and oxygen atoms in total. The van der Waals surface area contributed by atoms with Crippen LogP contribution in [0.25, 0.3) is 0 Å². The molecule has 5 saturated carbocycles. The van der Waals surface area contributed by atoms with Crippen LogP contribution in [0.1, 0.15) is 83.6 Å². The zero-order chi connectivity index (χ0) is 29.0. The van der Waals surface area contributed by atoms with E-state index in [4.69, 9.17) is 14.2 Å². The predicted octanol–water partition coefficient (Wildman–Crippen LogP) is 6.39. The highest BCUT2D eigenvalue weighted by Crippen LogP contribution is 2.93. The van der Waals surface area contributed by atoms with Gasteiger partial charge < -0.3 is 19.3 Å². The second-order valence-electron chi connectivity index (χ2n) is 16.6. The summed E-state index contributed by atoms with van der Waals surface area (Å²) >= 11 is 0. The summed E-state index contributed by atoms with van der Waals surface area (Å²) in [4.78, 5) is 2.79. The highest BCUT2D eigenvalue weighted by Gasteiger charge is 2.91. The van der Waals surface area contributed by atoms with Crippen LogP contribution >= 0.6 is 0 Å². The van der Waals surface area contributed by atoms with Gasteiger partial charge in [0.05, 0.1) is 44.2 Å². The van der Waals surface area contributed by atoms with E-state index in [1.807, 2.05) is 6.07 Å². The van der Waals surface area contributed by atoms with Crippen molar-refractivity contribution < 1.29 is 19.3 Å². The number of nitrogens with zero attached hydrogens (tertiary/aromatic N) is 1. The number of rotatable bonds is 8. The SMILES string of the molecule is C[C@H]1C[C@H]2O[C@@]34CC[C@H]5[C@@H]6CC=C7C[C@@H](O)CC[C@]7(C)[C@H]6CC56CC63C[C@@H]4[C@@H]2N(CCOCCOCc2ccccc2)C1. The van der Waals surface area contributed by atoms with E-state index in [1.54, 1.807) is 5.57 Å². The third-order valence-corrected chi connectivity index (χ3v) is 15.0. The molecule has 5 heteroatoms. The molecule has 9 rings (SSSR count). The molecule has 2 aliphatic heterocycles. The van der Waals surface area contributed by atoms with Gasteiger partial charge in [0, 0.05) is 30.5 Å². The Bertz CT molecular complexity index is 1270. The summed E-state index contributed by atoms with van der Waals surface area (Å²) in [5, 5.41) is 10.5. The normalized spacial score (nSPS) is 50.6. The quantitative estimate of drug-likeness (QED) is 0.282. The Balaban J connectivity index is 0.857. The molecule has 0 radical (unpaired) electrons. The van der Waals surface area contributed by atoms with Crippen molar-refractivity contribution in [2.24, 2.45) is 45.8 Å². The van der Waals surface area contributed by atoms with E-state index in [0.717, 1.165) is 49.7 Å². The fourth-order valence-corrected chi connectivity index (χ4v) is 13.3. The molecule has 2 saturated heterocycles. The number of ether oxygens (including phenoxy) is 3. The molecule has 0 aromatic heterocycles. The molecule has 1 aromatic rings. The lowest BCUT2D eigenvalue weighted by molar-refractivity contribution is -0.211. The van der Waals surface area contributed by atoms with Gasteiger partial charge in [0.2, 0.25) is 0 Å². The second-order valence-corrected chi connectivity index (χ2v) is 16.6. The maximum Gasteiger partial charge on any atom is 0.0793 e. The van der Waals surface area contributed by atoms with Gasteiger partial charge in [-0.2, -0.15) is 0 Å². The van der Waals surface area contributed by atoms with Crippen molar-refractivity contribution in [2.75, 3.05) is 32.9 Å². The maximum atomic E-state index is 10.5. The molecule has 0 bridgehead atoms. The summed E-state index contributed by atoms with van der Waals surface area (Å²) in [5.41, 5.74) is 4.33. The Morgan fingerprint density at radius 1 is 1.00 bits per heavy atom. The molecule has 43 heavy (non-hydrogen) atoms. The van der Waals surface area contributed by atoms with Gasteiger partial charge in [0.25, 0.3) is 0 Å². The average Bonchev–Trinajstić information content (AvgIpc) is 3.48. The van der Waals surface area contributed by atoms with Crippen molar-refractivity contribution in [2.45, 2.75) is 109 Å². The Morgan fingerprint density at radius 2 is 1.86 bits per heavy atom. The third kappa shape index (κ3) is 3.81. The van der Waals surface area contributed by atoms with Gasteiger partial charge in [0.1, 0.15) is 0 Å². The van der Waals surface area contributed by atoms with Gasteiger partial charge in [-0.15, -0.1) is 0 Å². The molecule has 1 aromatic carbocycles. The first kappa shape index (κ1) is 28.0. The number of hydrogen-bond acceptors (Lipinski definition) is 5. The predicted molar refractivity (Wildman–Crippen MR) is 166 cm³/mol. The molecule has 12 atom stereocenters. The van der Waals surface area contributed by atoms with Gasteiger partial charge in [-0.25, -0.2) is 0 Å². The van der Waals surface area contributed by atoms with Crippen LogP contribution in [0.15, 0.2) is 42.0 Å². The van der Waals surface area contributed by atoms with Crippen LogP contribution in [0.2, 0.25) is 0 Å². The second kappa shape index (κ2) is 9.88. The van der Waals surface area contributed by atoms with Crippen LogP contribution < -0.4 is 0 Å². The lowest BCUT2D eigenvalue weighted by Gasteiger charge is -2.60. The van der Waals surface area contributed by atoms with Crippen LogP contribution in [0, 0.1) is 45.8 Å². The van der Waals surface area contributed by atoms with Crippen molar-refractivity contribution in [3.05, 3.63) is 47.5 Å². The van der Waals surface area contributed by atoms with Crippen LogP contribution in [-0.4, -0.2) is 66.8 Å². The van der Waals surface area contributed by atoms with Crippen molar-refractivity contribution in [1.82, 2.24) is 4.90 Å². The number of aliphatic hydroxyl groups excluding tert-OH is 1. The minimum absolute atomic E-state index is 0.111. The van der Waals surface area contributed by atoms with Crippen LogP contribution in [0.4, 0.5) is 0 Å². The lowest BCUT2D eigenvalue weighted by atomic mass is 9.47. The number of piperidine rings is 1. The first-order valence-corrected chi connectivity index (χ1v) is 17.9. The summed E-state index contributed by atoms with van der Waals surface area (Å²) in [6, 6.07) is 11.0. The van der Waals surface area contributed by atoms with E-state index >= 15 is 0 Å². The minimum Gasteiger partial charge on any atom is -0.393 e. The third-order valence-electron chi connectivity index (χ3n) is 15.0. The molecule has 3 spiro atoms. The molecule has 234 valence electrons.